The number of esters is 1. The fraction of sp³-hybridized carbons (Fsp3) is 0.700. The standard InChI is InChI=1S/C7H11O2.3CH3O.Zr/c1-4-5-9-7(8)6(2)3;3*1-2;/h1-2,4-5H2,3H3;3*1H3;/q;3*-1;+3. The molecule has 0 atom stereocenters. The molecule has 0 rings (SSSR count). The number of hydrogen-bond acceptors (Lipinski definition) is 5. The first kappa shape index (κ1) is 16.0. The monoisotopic (exact) mass is 310 g/mol. The summed E-state index contributed by atoms with van der Waals surface area (Å²) in [4.78, 5) is 11.1. The Morgan fingerprint density at radius 2 is 1.69 bits per heavy atom. The first-order chi connectivity index (χ1) is 7.51. The quantitative estimate of drug-likeness (QED) is 0.388. The Morgan fingerprint density at radius 3 is 2.06 bits per heavy atom. The van der Waals surface area contributed by atoms with Crippen molar-refractivity contribution in [1.29, 1.82) is 0 Å². The average Bonchev–Trinajstić information content (AvgIpc) is 2.30. The van der Waals surface area contributed by atoms with Gasteiger partial charge in [-0.05, 0) is 0 Å². The van der Waals surface area contributed by atoms with Gasteiger partial charge in [-0.15, -0.1) is 0 Å². The van der Waals surface area contributed by atoms with Crippen molar-refractivity contribution in [1.82, 2.24) is 0 Å². The second-order valence-electron chi connectivity index (χ2n) is 3.32. The second-order valence-corrected chi connectivity index (χ2v) is 10.9. The molecule has 0 aliphatic carbocycles. The first-order valence-corrected chi connectivity index (χ1v) is 9.74. The third-order valence-corrected chi connectivity index (χ3v) is 9.10. The van der Waals surface area contributed by atoms with Gasteiger partial charge in [0.2, 0.25) is 0 Å². The van der Waals surface area contributed by atoms with Crippen molar-refractivity contribution >= 4 is 5.97 Å². The Morgan fingerprint density at radius 1 is 1.19 bits per heavy atom. The zero-order valence-electron chi connectivity index (χ0n) is 10.4. The zero-order valence-corrected chi connectivity index (χ0v) is 12.8. The fourth-order valence-electron chi connectivity index (χ4n) is 1.13. The summed E-state index contributed by atoms with van der Waals surface area (Å²) in [6.07, 6.45) is 0.671. The van der Waals surface area contributed by atoms with Crippen LogP contribution in [0.5, 0.6) is 0 Å². The van der Waals surface area contributed by atoms with Crippen molar-refractivity contribution in [2.75, 3.05) is 27.9 Å². The van der Waals surface area contributed by atoms with E-state index < -0.39 is 21.6 Å². The third kappa shape index (κ3) is 5.35. The van der Waals surface area contributed by atoms with Crippen molar-refractivity contribution in [2.24, 2.45) is 0 Å². The topological polar surface area (TPSA) is 54.0 Å². The molecule has 0 saturated heterocycles. The zero-order chi connectivity index (χ0) is 12.6. The van der Waals surface area contributed by atoms with Crippen molar-refractivity contribution in [3.8, 4) is 0 Å². The Hall–Kier alpha value is -0.0269. The van der Waals surface area contributed by atoms with Gasteiger partial charge >= 0.3 is 103 Å². The van der Waals surface area contributed by atoms with Crippen molar-refractivity contribution in [2.45, 2.75) is 17.5 Å². The van der Waals surface area contributed by atoms with Crippen LogP contribution in [0.1, 0.15) is 13.3 Å². The van der Waals surface area contributed by atoms with E-state index in [9.17, 15) is 4.79 Å². The van der Waals surface area contributed by atoms with Crippen LogP contribution in [0.15, 0.2) is 12.2 Å². The molecule has 0 aromatic carbocycles. The Kier molecular flexibility index (Phi) is 8.11. The van der Waals surface area contributed by atoms with Crippen molar-refractivity contribution in [3.05, 3.63) is 12.2 Å². The van der Waals surface area contributed by atoms with E-state index >= 15 is 0 Å². The molecule has 16 heavy (non-hydrogen) atoms. The molecule has 0 N–H and O–H groups in total. The predicted octanol–water partition coefficient (Wildman–Crippen LogP) is 1.75. The van der Waals surface area contributed by atoms with Gasteiger partial charge < -0.3 is 0 Å². The van der Waals surface area contributed by atoms with Crippen LogP contribution in [0.3, 0.4) is 0 Å². The average molecular weight is 311 g/mol. The number of rotatable bonds is 8. The molecule has 0 spiro atoms. The molecule has 5 nitrogen and oxygen atoms in total. The number of ether oxygens (including phenoxy) is 1. The molecule has 6 heteroatoms. The predicted molar refractivity (Wildman–Crippen MR) is 56.2 cm³/mol. The van der Waals surface area contributed by atoms with E-state index in [1.54, 1.807) is 28.3 Å². The summed E-state index contributed by atoms with van der Waals surface area (Å²) in [5.41, 5.74) is 0.403. The molecule has 0 heterocycles. The van der Waals surface area contributed by atoms with Crippen LogP contribution >= 0.6 is 0 Å². The van der Waals surface area contributed by atoms with Crippen LogP contribution in [0, 0.1) is 0 Å². The van der Waals surface area contributed by atoms with E-state index in [0.717, 1.165) is 0 Å². The van der Waals surface area contributed by atoms with Crippen LogP contribution in [0.2, 0.25) is 4.13 Å². The molecular formula is C10H20O5Zr. The number of hydrogen-bond donors (Lipinski definition) is 0. The van der Waals surface area contributed by atoms with Crippen LogP contribution in [-0.4, -0.2) is 33.9 Å². The van der Waals surface area contributed by atoms with Gasteiger partial charge in [0.05, 0.1) is 0 Å². The maximum absolute atomic E-state index is 11.1. The van der Waals surface area contributed by atoms with Gasteiger partial charge in [-0.3, -0.25) is 0 Å². The van der Waals surface area contributed by atoms with Crippen LogP contribution < -0.4 is 0 Å². The van der Waals surface area contributed by atoms with E-state index in [0.29, 0.717) is 22.7 Å². The molecule has 0 bridgehead atoms. The van der Waals surface area contributed by atoms with E-state index in [-0.39, 0.29) is 5.97 Å². The fourth-order valence-corrected chi connectivity index (χ4v) is 5.29. The Bertz CT molecular complexity index is 229. The van der Waals surface area contributed by atoms with E-state index in [2.05, 4.69) is 6.58 Å². The molecule has 0 unspecified atom stereocenters. The van der Waals surface area contributed by atoms with Crippen molar-refractivity contribution < 1.29 is 39.6 Å². The van der Waals surface area contributed by atoms with Gasteiger partial charge in [0.15, 0.2) is 0 Å². The molecule has 0 radical (unpaired) electrons. The van der Waals surface area contributed by atoms with Gasteiger partial charge in [-0.2, -0.15) is 0 Å². The molecule has 0 aliphatic heterocycles. The Balaban J connectivity index is 3.88. The summed E-state index contributed by atoms with van der Waals surface area (Å²) in [5.74, 6) is -0.368. The van der Waals surface area contributed by atoms with Gasteiger partial charge in [0.25, 0.3) is 0 Å². The van der Waals surface area contributed by atoms with Crippen LogP contribution in [0.4, 0.5) is 0 Å². The van der Waals surface area contributed by atoms with E-state index in [1.807, 2.05) is 0 Å². The first-order valence-electron chi connectivity index (χ1n) is 4.99. The van der Waals surface area contributed by atoms with Crippen molar-refractivity contribution in [3.63, 3.8) is 0 Å². The van der Waals surface area contributed by atoms with Crippen LogP contribution in [-0.2, 0) is 39.6 Å². The third-order valence-electron chi connectivity index (χ3n) is 2.14. The van der Waals surface area contributed by atoms with Gasteiger partial charge in [-0.1, -0.05) is 0 Å². The second kappa shape index (κ2) is 8.12. The molecular weight excluding hydrogens is 291 g/mol. The van der Waals surface area contributed by atoms with Gasteiger partial charge in [0, 0.05) is 0 Å². The maximum atomic E-state index is 11.1. The van der Waals surface area contributed by atoms with Crippen LogP contribution in [0.25, 0.3) is 0 Å². The summed E-state index contributed by atoms with van der Waals surface area (Å²) in [5, 5.41) is 0. The SMILES string of the molecule is C=C(C)C(=O)OCC[CH2][Zr]([O]C)([O]C)[O]C. The minimum atomic E-state index is -3.28. The molecule has 0 saturated carbocycles. The van der Waals surface area contributed by atoms with E-state index in [4.69, 9.17) is 13.2 Å². The molecule has 0 aliphatic rings. The number of carbonyl (C=O) groups is 1. The summed E-state index contributed by atoms with van der Waals surface area (Å²) in [6, 6.07) is 0. The Labute approximate surface area is 103 Å². The summed E-state index contributed by atoms with van der Waals surface area (Å²) in [7, 11) is 4.76. The van der Waals surface area contributed by atoms with Gasteiger partial charge in [0.1, 0.15) is 0 Å². The summed E-state index contributed by atoms with van der Waals surface area (Å²) >= 11 is -3.28. The molecule has 0 aromatic rings. The minimum absolute atomic E-state index is 0.334. The summed E-state index contributed by atoms with van der Waals surface area (Å²) in [6.45, 7) is 5.45. The summed E-state index contributed by atoms with van der Waals surface area (Å²) < 4.78 is 21.5. The molecule has 0 aromatic heterocycles. The molecule has 94 valence electrons. The number of carbonyl (C=O) groups excluding carboxylic acids is 1. The van der Waals surface area contributed by atoms with Gasteiger partial charge in [-0.25, -0.2) is 0 Å². The van der Waals surface area contributed by atoms with E-state index in [1.165, 1.54) is 0 Å². The normalized spacial score (nSPS) is 11.2. The molecule has 0 amide bonds. The molecule has 0 fully saturated rings.